The van der Waals surface area contributed by atoms with Crippen molar-refractivity contribution in [2.75, 3.05) is 19.6 Å². The first-order valence-corrected chi connectivity index (χ1v) is 8.99. The maximum Gasteiger partial charge on any atom is 0.410 e. The van der Waals surface area contributed by atoms with Crippen molar-refractivity contribution in [2.45, 2.75) is 84.8 Å². The zero-order chi connectivity index (χ0) is 16.6. The number of amides is 1. The van der Waals surface area contributed by atoms with Crippen molar-refractivity contribution < 1.29 is 9.53 Å². The number of carbonyl (C=O) groups is 1. The maximum absolute atomic E-state index is 12.0. The van der Waals surface area contributed by atoms with Crippen LogP contribution in [-0.4, -0.2) is 42.3 Å². The smallest absolute Gasteiger partial charge is 0.410 e. The molecule has 1 unspecified atom stereocenters. The lowest BCUT2D eigenvalue weighted by molar-refractivity contribution is 0.0291. The average Bonchev–Trinajstić information content (AvgIpc) is 2.84. The van der Waals surface area contributed by atoms with Crippen LogP contribution in [0.4, 0.5) is 4.79 Å². The van der Waals surface area contributed by atoms with E-state index in [1.54, 1.807) is 0 Å². The van der Waals surface area contributed by atoms with Crippen molar-refractivity contribution in [2.24, 2.45) is 5.92 Å². The zero-order valence-electron chi connectivity index (χ0n) is 15.3. The summed E-state index contributed by atoms with van der Waals surface area (Å²) in [5.74, 6) is 0.829. The largest absolute Gasteiger partial charge is 0.444 e. The van der Waals surface area contributed by atoms with Crippen molar-refractivity contribution in [3.8, 4) is 0 Å². The molecular weight excluding hydrogens is 276 g/mol. The van der Waals surface area contributed by atoms with E-state index in [-0.39, 0.29) is 6.09 Å². The molecular formula is C18H36N2O2. The van der Waals surface area contributed by atoms with Crippen LogP contribution in [0.15, 0.2) is 0 Å². The average molecular weight is 312 g/mol. The van der Waals surface area contributed by atoms with E-state index in [2.05, 4.69) is 19.2 Å². The Morgan fingerprint density at radius 3 is 2.55 bits per heavy atom. The van der Waals surface area contributed by atoms with Gasteiger partial charge in [0.1, 0.15) is 5.60 Å². The molecule has 1 heterocycles. The number of hydrogen-bond acceptors (Lipinski definition) is 3. The lowest BCUT2D eigenvalue weighted by Gasteiger charge is -2.24. The van der Waals surface area contributed by atoms with E-state index >= 15 is 0 Å². The highest BCUT2D eigenvalue weighted by atomic mass is 16.6. The zero-order valence-corrected chi connectivity index (χ0v) is 15.3. The van der Waals surface area contributed by atoms with Crippen molar-refractivity contribution >= 4 is 6.09 Å². The summed E-state index contributed by atoms with van der Waals surface area (Å²) in [4.78, 5) is 13.8. The van der Waals surface area contributed by atoms with Gasteiger partial charge in [-0.3, -0.25) is 0 Å². The van der Waals surface area contributed by atoms with E-state index in [0.717, 1.165) is 32.0 Å². The molecule has 1 fully saturated rings. The Morgan fingerprint density at radius 2 is 1.91 bits per heavy atom. The number of hydrogen-bond donors (Lipinski definition) is 1. The molecule has 4 heteroatoms. The molecule has 0 radical (unpaired) electrons. The Labute approximate surface area is 137 Å². The first-order valence-electron chi connectivity index (χ1n) is 8.99. The van der Waals surface area contributed by atoms with Gasteiger partial charge in [0.2, 0.25) is 0 Å². The molecule has 4 nitrogen and oxygen atoms in total. The number of rotatable bonds is 8. The molecule has 0 aromatic rings. The third kappa shape index (κ3) is 8.62. The highest BCUT2D eigenvalue weighted by Gasteiger charge is 2.29. The fourth-order valence-corrected chi connectivity index (χ4v) is 2.76. The molecule has 1 amide bonds. The van der Waals surface area contributed by atoms with Gasteiger partial charge in [0, 0.05) is 19.1 Å². The van der Waals surface area contributed by atoms with Gasteiger partial charge in [0.25, 0.3) is 0 Å². The molecule has 22 heavy (non-hydrogen) atoms. The third-order valence-electron chi connectivity index (χ3n) is 3.98. The molecule has 1 atom stereocenters. The van der Waals surface area contributed by atoms with Crippen molar-refractivity contribution in [3.63, 3.8) is 0 Å². The van der Waals surface area contributed by atoms with Crippen LogP contribution in [0.1, 0.15) is 73.1 Å². The Morgan fingerprint density at radius 1 is 1.23 bits per heavy atom. The molecule has 1 aliphatic heterocycles. The number of nitrogens with one attached hydrogen (secondary N) is 1. The van der Waals surface area contributed by atoms with Gasteiger partial charge in [0.15, 0.2) is 0 Å². The summed E-state index contributed by atoms with van der Waals surface area (Å²) in [6.07, 6.45) is 7.45. The number of likely N-dealkylation sites (tertiary alicyclic amines) is 1. The van der Waals surface area contributed by atoms with Gasteiger partial charge >= 0.3 is 6.09 Å². The van der Waals surface area contributed by atoms with Crippen LogP contribution in [0.25, 0.3) is 0 Å². The van der Waals surface area contributed by atoms with E-state index in [1.807, 2.05) is 25.7 Å². The van der Waals surface area contributed by atoms with Gasteiger partial charge < -0.3 is 15.0 Å². The summed E-state index contributed by atoms with van der Waals surface area (Å²) in [6, 6.07) is 0.434. The van der Waals surface area contributed by atoms with Crippen LogP contribution in [-0.2, 0) is 4.74 Å². The highest BCUT2D eigenvalue weighted by Crippen LogP contribution is 2.15. The molecule has 0 aromatic carbocycles. The number of nitrogens with zero attached hydrogens (tertiary/aromatic N) is 1. The molecule has 130 valence electrons. The van der Waals surface area contributed by atoms with Gasteiger partial charge in [-0.05, 0) is 46.1 Å². The Balaban J connectivity index is 2.06. The molecule has 1 aliphatic rings. The summed E-state index contributed by atoms with van der Waals surface area (Å²) in [5.41, 5.74) is -0.404. The van der Waals surface area contributed by atoms with Crippen LogP contribution < -0.4 is 5.32 Å². The second kappa shape index (κ2) is 9.39. The van der Waals surface area contributed by atoms with Crippen molar-refractivity contribution in [1.29, 1.82) is 0 Å². The predicted octanol–water partition coefficient (Wildman–Crippen LogP) is 4.19. The van der Waals surface area contributed by atoms with Crippen LogP contribution in [0.2, 0.25) is 0 Å². The number of ether oxygens (including phenoxy) is 1. The normalized spacial score (nSPS) is 19.0. The first kappa shape index (κ1) is 19.3. The van der Waals surface area contributed by atoms with E-state index in [0.29, 0.717) is 6.04 Å². The molecule has 1 N–H and O–H groups in total. The lowest BCUT2D eigenvalue weighted by atomic mass is 10.0. The van der Waals surface area contributed by atoms with E-state index in [4.69, 9.17) is 4.74 Å². The molecule has 0 aromatic heterocycles. The first-order chi connectivity index (χ1) is 10.3. The Kier molecular flexibility index (Phi) is 8.23. The Bertz CT molecular complexity index is 324. The van der Waals surface area contributed by atoms with Gasteiger partial charge in [-0.15, -0.1) is 0 Å². The number of unbranched alkanes of at least 4 members (excludes halogenated alkanes) is 3. The third-order valence-corrected chi connectivity index (χ3v) is 3.98. The Hall–Kier alpha value is -0.770. The predicted molar refractivity (Wildman–Crippen MR) is 92.1 cm³/mol. The summed E-state index contributed by atoms with van der Waals surface area (Å²) in [6.45, 7) is 13.0. The minimum Gasteiger partial charge on any atom is -0.444 e. The van der Waals surface area contributed by atoms with E-state index < -0.39 is 5.60 Å². The van der Waals surface area contributed by atoms with Crippen LogP contribution in [0.5, 0.6) is 0 Å². The molecule has 0 spiro atoms. The maximum atomic E-state index is 12.0. The summed E-state index contributed by atoms with van der Waals surface area (Å²) < 4.78 is 5.42. The van der Waals surface area contributed by atoms with Gasteiger partial charge in [-0.25, -0.2) is 4.79 Å². The summed E-state index contributed by atoms with van der Waals surface area (Å²) >= 11 is 0. The van der Waals surface area contributed by atoms with Gasteiger partial charge in [-0.2, -0.15) is 0 Å². The summed E-state index contributed by atoms with van der Waals surface area (Å²) in [7, 11) is 0. The van der Waals surface area contributed by atoms with Gasteiger partial charge in [-0.1, -0.05) is 39.5 Å². The molecule has 1 saturated heterocycles. The van der Waals surface area contributed by atoms with E-state index in [1.165, 1.54) is 32.1 Å². The number of carbonyl (C=O) groups excluding carboxylic acids is 1. The minimum absolute atomic E-state index is 0.175. The fraction of sp³-hybridized carbons (Fsp3) is 0.944. The summed E-state index contributed by atoms with van der Waals surface area (Å²) in [5, 5.41) is 3.58. The second-order valence-electron chi connectivity index (χ2n) is 7.96. The molecule has 0 aliphatic carbocycles. The highest BCUT2D eigenvalue weighted by molar-refractivity contribution is 5.68. The lowest BCUT2D eigenvalue weighted by Crippen LogP contribution is -2.38. The van der Waals surface area contributed by atoms with Crippen LogP contribution >= 0.6 is 0 Å². The monoisotopic (exact) mass is 312 g/mol. The van der Waals surface area contributed by atoms with Crippen molar-refractivity contribution in [3.05, 3.63) is 0 Å². The minimum atomic E-state index is -0.404. The quantitative estimate of drug-likeness (QED) is 0.683. The topological polar surface area (TPSA) is 41.6 Å². The van der Waals surface area contributed by atoms with E-state index in [9.17, 15) is 4.79 Å². The van der Waals surface area contributed by atoms with Crippen LogP contribution in [0, 0.1) is 5.92 Å². The molecule has 0 bridgehead atoms. The standard InChI is InChI=1S/C18H36N2O2/c1-15(2)10-8-6-7-9-12-19-16-11-13-20(14-16)17(21)22-18(3,4)5/h15-16,19H,6-14H2,1-5H3. The second-order valence-corrected chi connectivity index (χ2v) is 7.96. The molecule has 1 rings (SSSR count). The SMILES string of the molecule is CC(C)CCCCCCNC1CCN(C(=O)OC(C)(C)C)C1. The molecule has 0 saturated carbocycles. The van der Waals surface area contributed by atoms with Crippen molar-refractivity contribution in [1.82, 2.24) is 10.2 Å². The fourth-order valence-electron chi connectivity index (χ4n) is 2.76. The van der Waals surface area contributed by atoms with Crippen LogP contribution in [0.3, 0.4) is 0 Å². The van der Waals surface area contributed by atoms with Gasteiger partial charge in [0.05, 0.1) is 0 Å².